The summed E-state index contributed by atoms with van der Waals surface area (Å²) in [6.45, 7) is 1.18. The molecule has 4 nitrogen and oxygen atoms in total. The fraction of sp³-hybridized carbons (Fsp3) is 0.429. The second-order valence-electron chi connectivity index (χ2n) is 4.65. The van der Waals surface area contributed by atoms with E-state index in [1.54, 1.807) is 6.07 Å². The van der Waals surface area contributed by atoms with Gasteiger partial charge in [-0.15, -0.1) is 0 Å². The van der Waals surface area contributed by atoms with Gasteiger partial charge in [0.1, 0.15) is 11.9 Å². The number of carbonyl (C=O) groups is 1. The molecule has 100 valence electrons. The van der Waals surface area contributed by atoms with Crippen LogP contribution in [-0.4, -0.2) is 18.5 Å². The van der Waals surface area contributed by atoms with Crippen molar-refractivity contribution in [3.8, 4) is 6.07 Å². The van der Waals surface area contributed by atoms with E-state index in [1.165, 1.54) is 12.1 Å². The van der Waals surface area contributed by atoms with Crippen molar-refractivity contribution in [3.05, 3.63) is 35.1 Å². The molecular weight excluding hydrogens is 245 g/mol. The Bertz CT molecular complexity index is 510. The van der Waals surface area contributed by atoms with Gasteiger partial charge in [0.15, 0.2) is 0 Å². The molecule has 1 atom stereocenters. The van der Waals surface area contributed by atoms with Crippen molar-refractivity contribution in [1.29, 1.82) is 5.26 Å². The highest BCUT2D eigenvalue weighted by molar-refractivity contribution is 5.81. The minimum atomic E-state index is -0.515. The molecule has 19 heavy (non-hydrogen) atoms. The van der Waals surface area contributed by atoms with Crippen molar-refractivity contribution in [2.75, 3.05) is 6.54 Å². The number of nitrogens with zero attached hydrogens (tertiary/aromatic N) is 1. The molecule has 0 aromatic heterocycles. The van der Waals surface area contributed by atoms with Gasteiger partial charge in [-0.25, -0.2) is 4.39 Å². The SMILES string of the molecule is N#Cc1cc(CNC2CCCCNC2=O)ccc1F. The first-order valence-corrected chi connectivity index (χ1v) is 6.40. The number of hydrogen-bond acceptors (Lipinski definition) is 3. The van der Waals surface area contributed by atoms with Crippen LogP contribution in [0.4, 0.5) is 4.39 Å². The third-order valence-electron chi connectivity index (χ3n) is 3.24. The van der Waals surface area contributed by atoms with Gasteiger partial charge in [-0.2, -0.15) is 5.26 Å². The maximum atomic E-state index is 13.2. The highest BCUT2D eigenvalue weighted by Crippen LogP contribution is 2.11. The molecule has 0 bridgehead atoms. The van der Waals surface area contributed by atoms with Crippen LogP contribution in [-0.2, 0) is 11.3 Å². The first-order chi connectivity index (χ1) is 9.20. The molecule has 0 spiro atoms. The molecule has 1 heterocycles. The Kier molecular flexibility index (Phi) is 4.48. The number of nitriles is 1. The van der Waals surface area contributed by atoms with Crippen LogP contribution in [0, 0.1) is 17.1 Å². The smallest absolute Gasteiger partial charge is 0.237 e. The maximum absolute atomic E-state index is 13.2. The Balaban J connectivity index is 1.98. The molecule has 0 aliphatic carbocycles. The van der Waals surface area contributed by atoms with Crippen molar-refractivity contribution >= 4 is 5.91 Å². The maximum Gasteiger partial charge on any atom is 0.237 e. The van der Waals surface area contributed by atoms with E-state index in [4.69, 9.17) is 5.26 Å². The minimum Gasteiger partial charge on any atom is -0.355 e. The number of nitrogens with one attached hydrogen (secondary N) is 2. The zero-order valence-corrected chi connectivity index (χ0v) is 10.6. The molecular formula is C14H16FN3O. The number of rotatable bonds is 3. The number of halogens is 1. The number of amides is 1. The number of hydrogen-bond donors (Lipinski definition) is 2. The van der Waals surface area contributed by atoms with Crippen LogP contribution in [0.3, 0.4) is 0 Å². The van der Waals surface area contributed by atoms with Crippen molar-refractivity contribution in [2.24, 2.45) is 0 Å². The largest absolute Gasteiger partial charge is 0.355 e. The molecule has 1 saturated heterocycles. The second-order valence-corrected chi connectivity index (χ2v) is 4.65. The van der Waals surface area contributed by atoms with Crippen LogP contribution >= 0.6 is 0 Å². The summed E-state index contributed by atoms with van der Waals surface area (Å²) in [5.74, 6) is -0.501. The first kappa shape index (κ1) is 13.5. The Morgan fingerprint density at radius 2 is 2.32 bits per heavy atom. The lowest BCUT2D eigenvalue weighted by Gasteiger charge is -2.15. The van der Waals surface area contributed by atoms with Crippen LogP contribution in [0.5, 0.6) is 0 Å². The van der Waals surface area contributed by atoms with Gasteiger partial charge >= 0.3 is 0 Å². The Morgan fingerprint density at radius 3 is 3.11 bits per heavy atom. The quantitative estimate of drug-likeness (QED) is 0.865. The van der Waals surface area contributed by atoms with Crippen molar-refractivity contribution in [3.63, 3.8) is 0 Å². The third kappa shape index (κ3) is 3.52. The fourth-order valence-corrected chi connectivity index (χ4v) is 2.14. The Hall–Kier alpha value is -1.93. The van der Waals surface area contributed by atoms with Crippen LogP contribution in [0.2, 0.25) is 0 Å². The van der Waals surface area contributed by atoms with E-state index >= 15 is 0 Å². The summed E-state index contributed by atoms with van der Waals surface area (Å²) >= 11 is 0. The van der Waals surface area contributed by atoms with Crippen LogP contribution in [0.25, 0.3) is 0 Å². The molecule has 1 aromatic carbocycles. The standard InChI is InChI=1S/C14H16FN3O/c15-12-5-4-10(7-11(12)8-16)9-18-13-3-1-2-6-17-14(13)19/h4-5,7,13,18H,1-3,6,9H2,(H,17,19). The van der Waals surface area contributed by atoms with Gasteiger partial charge in [-0.05, 0) is 37.0 Å². The van der Waals surface area contributed by atoms with Crippen molar-refractivity contribution in [1.82, 2.24) is 10.6 Å². The molecule has 0 radical (unpaired) electrons. The predicted molar refractivity (Wildman–Crippen MR) is 68.6 cm³/mol. The van der Waals surface area contributed by atoms with Crippen LogP contribution in [0.1, 0.15) is 30.4 Å². The van der Waals surface area contributed by atoms with E-state index in [1.807, 2.05) is 6.07 Å². The monoisotopic (exact) mass is 261 g/mol. The van der Waals surface area contributed by atoms with E-state index in [0.29, 0.717) is 6.54 Å². The molecule has 1 aromatic rings. The van der Waals surface area contributed by atoms with Crippen LogP contribution < -0.4 is 10.6 Å². The molecule has 2 rings (SSSR count). The molecule has 1 fully saturated rings. The lowest BCUT2D eigenvalue weighted by Crippen LogP contribution is -2.42. The van der Waals surface area contributed by atoms with Gasteiger partial charge in [0.25, 0.3) is 0 Å². The summed E-state index contributed by atoms with van der Waals surface area (Å²) in [4.78, 5) is 11.7. The van der Waals surface area contributed by atoms with Gasteiger partial charge in [0.05, 0.1) is 11.6 Å². The summed E-state index contributed by atoms with van der Waals surface area (Å²) in [6, 6.07) is 6.01. The van der Waals surface area contributed by atoms with Gasteiger partial charge in [-0.1, -0.05) is 6.07 Å². The van der Waals surface area contributed by atoms with Gasteiger partial charge in [0, 0.05) is 13.1 Å². The molecule has 2 N–H and O–H groups in total. The zero-order valence-electron chi connectivity index (χ0n) is 10.6. The third-order valence-corrected chi connectivity index (χ3v) is 3.24. The number of carbonyl (C=O) groups excluding carboxylic acids is 1. The number of benzene rings is 1. The highest BCUT2D eigenvalue weighted by Gasteiger charge is 2.19. The Morgan fingerprint density at radius 1 is 1.47 bits per heavy atom. The van der Waals surface area contributed by atoms with Gasteiger partial charge < -0.3 is 10.6 Å². The summed E-state index contributed by atoms with van der Waals surface area (Å²) in [7, 11) is 0. The summed E-state index contributed by atoms with van der Waals surface area (Å²) in [5.41, 5.74) is 0.833. The second kappa shape index (κ2) is 6.30. The lowest BCUT2D eigenvalue weighted by atomic mass is 10.1. The lowest BCUT2D eigenvalue weighted by molar-refractivity contribution is -0.122. The molecule has 5 heteroatoms. The summed E-state index contributed by atoms with van der Waals surface area (Å²) in [6.07, 6.45) is 2.81. The Labute approximate surface area is 111 Å². The molecule has 1 aliphatic rings. The van der Waals surface area contributed by atoms with Crippen molar-refractivity contribution in [2.45, 2.75) is 31.8 Å². The molecule has 1 amide bonds. The van der Waals surface area contributed by atoms with Crippen LogP contribution in [0.15, 0.2) is 18.2 Å². The van der Waals surface area contributed by atoms with E-state index in [-0.39, 0.29) is 17.5 Å². The minimum absolute atomic E-state index is 0.0140. The van der Waals surface area contributed by atoms with Crippen molar-refractivity contribution < 1.29 is 9.18 Å². The van der Waals surface area contributed by atoms with E-state index in [9.17, 15) is 9.18 Å². The van der Waals surface area contributed by atoms with E-state index in [2.05, 4.69) is 10.6 Å². The zero-order chi connectivity index (χ0) is 13.7. The molecule has 1 unspecified atom stereocenters. The van der Waals surface area contributed by atoms with Gasteiger partial charge in [-0.3, -0.25) is 4.79 Å². The summed E-state index contributed by atoms with van der Waals surface area (Å²) < 4.78 is 13.2. The van der Waals surface area contributed by atoms with E-state index < -0.39 is 5.82 Å². The fourth-order valence-electron chi connectivity index (χ4n) is 2.14. The topological polar surface area (TPSA) is 64.9 Å². The molecule has 1 aliphatic heterocycles. The van der Waals surface area contributed by atoms with E-state index in [0.717, 1.165) is 31.4 Å². The summed E-state index contributed by atoms with van der Waals surface area (Å²) in [5, 5.41) is 14.8. The normalized spacial score (nSPS) is 19.4. The highest BCUT2D eigenvalue weighted by atomic mass is 19.1. The predicted octanol–water partition coefficient (Wildman–Crippen LogP) is 1.46. The molecule has 0 saturated carbocycles. The first-order valence-electron chi connectivity index (χ1n) is 6.40. The van der Waals surface area contributed by atoms with Gasteiger partial charge in [0.2, 0.25) is 5.91 Å². The average molecular weight is 261 g/mol. The average Bonchev–Trinajstić information content (AvgIpc) is 2.62.